The van der Waals surface area contributed by atoms with Gasteiger partial charge in [-0.05, 0) is 37.1 Å². The van der Waals surface area contributed by atoms with E-state index >= 15 is 0 Å². The first-order chi connectivity index (χ1) is 15.5. The number of imide groups is 1. The van der Waals surface area contributed by atoms with Crippen molar-refractivity contribution in [3.05, 3.63) is 47.4 Å². The third-order valence-electron chi connectivity index (χ3n) is 5.24. The molecule has 1 aromatic carbocycles. The number of amides is 2. The molecule has 2 aliphatic rings. The van der Waals surface area contributed by atoms with Gasteiger partial charge in [0.1, 0.15) is 17.5 Å². The van der Waals surface area contributed by atoms with Crippen LogP contribution in [0.1, 0.15) is 24.8 Å². The maximum absolute atomic E-state index is 13.5. The Hall–Kier alpha value is -3.86. The van der Waals surface area contributed by atoms with Gasteiger partial charge in [0.15, 0.2) is 10.8 Å². The minimum absolute atomic E-state index is 0.0313. The van der Waals surface area contributed by atoms with E-state index in [9.17, 15) is 14.0 Å². The van der Waals surface area contributed by atoms with Crippen molar-refractivity contribution in [1.29, 1.82) is 0 Å². The van der Waals surface area contributed by atoms with Gasteiger partial charge in [0.25, 0.3) is 5.91 Å². The first-order valence-corrected chi connectivity index (χ1v) is 10.9. The van der Waals surface area contributed by atoms with Gasteiger partial charge in [-0.1, -0.05) is 11.3 Å². The van der Waals surface area contributed by atoms with Gasteiger partial charge in [-0.25, -0.2) is 14.4 Å². The van der Waals surface area contributed by atoms with Crippen molar-refractivity contribution >= 4 is 61.9 Å². The molecule has 32 heavy (non-hydrogen) atoms. The number of halogens is 1. The highest BCUT2D eigenvalue weighted by molar-refractivity contribution is 7.22. The predicted octanol–water partition coefficient (Wildman–Crippen LogP) is 3.23. The normalized spacial score (nSPS) is 17.5. The van der Waals surface area contributed by atoms with E-state index in [0.717, 1.165) is 23.4 Å². The number of nitrogens with zero attached hydrogens (tertiary/aromatic N) is 4. The maximum Gasteiger partial charge on any atom is 0.254 e. The molecule has 0 atom stereocenters. The van der Waals surface area contributed by atoms with Gasteiger partial charge in [-0.3, -0.25) is 14.9 Å². The quantitative estimate of drug-likeness (QED) is 0.317. The van der Waals surface area contributed by atoms with Crippen LogP contribution < -0.4 is 16.0 Å². The number of aromatic nitrogens is 4. The van der Waals surface area contributed by atoms with Gasteiger partial charge in [0.05, 0.1) is 22.8 Å². The highest BCUT2D eigenvalue weighted by Crippen LogP contribution is 2.31. The average Bonchev–Trinajstić information content (AvgIpc) is 3.19. The van der Waals surface area contributed by atoms with Crippen LogP contribution in [0.5, 0.6) is 0 Å². The van der Waals surface area contributed by atoms with Gasteiger partial charge in [0, 0.05) is 23.2 Å². The minimum Gasteiger partial charge on any atom is -0.367 e. The fourth-order valence-corrected chi connectivity index (χ4v) is 4.45. The Balaban J connectivity index is 1.42. The first-order valence-electron chi connectivity index (χ1n) is 10.0. The van der Waals surface area contributed by atoms with Crippen molar-refractivity contribution in [3.8, 4) is 0 Å². The molecule has 1 aliphatic heterocycles. The van der Waals surface area contributed by atoms with Crippen molar-refractivity contribution < 1.29 is 14.0 Å². The molecule has 3 aromatic heterocycles. The summed E-state index contributed by atoms with van der Waals surface area (Å²) < 4.78 is 15.9. The summed E-state index contributed by atoms with van der Waals surface area (Å²) in [5.41, 5.74) is 2.22. The van der Waals surface area contributed by atoms with E-state index in [-0.39, 0.29) is 18.1 Å². The Labute approximate surface area is 184 Å². The zero-order valence-electron chi connectivity index (χ0n) is 16.6. The molecular weight excluding hydrogens is 433 g/mol. The molecular formula is C21H16FN7O2S. The minimum atomic E-state index is -0.401. The second-order valence-corrected chi connectivity index (χ2v) is 8.79. The van der Waals surface area contributed by atoms with Crippen molar-refractivity contribution in [2.45, 2.75) is 25.3 Å². The summed E-state index contributed by atoms with van der Waals surface area (Å²) in [6, 6.07) is 6.68. The van der Waals surface area contributed by atoms with Gasteiger partial charge in [-0.2, -0.15) is 9.61 Å². The number of carbonyl (C=O) groups is 2. The van der Waals surface area contributed by atoms with E-state index in [0.29, 0.717) is 39.3 Å². The molecule has 0 unspecified atom stereocenters. The number of hydrogen-bond acceptors (Lipinski definition) is 8. The fraction of sp³-hybridized carbons (Fsp3) is 0.190. The fourth-order valence-electron chi connectivity index (χ4n) is 3.56. The molecule has 0 spiro atoms. The lowest BCUT2D eigenvalue weighted by molar-refractivity contribution is -0.124. The number of anilines is 3. The Morgan fingerprint density at radius 2 is 2.09 bits per heavy atom. The zero-order chi connectivity index (χ0) is 21.8. The molecule has 0 radical (unpaired) electrons. The lowest BCUT2D eigenvalue weighted by atomic mass is 10.1. The van der Waals surface area contributed by atoms with Gasteiger partial charge >= 0.3 is 0 Å². The predicted molar refractivity (Wildman–Crippen MR) is 118 cm³/mol. The zero-order valence-corrected chi connectivity index (χ0v) is 17.4. The van der Waals surface area contributed by atoms with Crippen LogP contribution in [0.4, 0.5) is 21.2 Å². The van der Waals surface area contributed by atoms with Crippen LogP contribution in [0.25, 0.3) is 21.9 Å². The molecule has 160 valence electrons. The van der Waals surface area contributed by atoms with Crippen molar-refractivity contribution in [2.24, 2.45) is 0 Å². The maximum atomic E-state index is 13.5. The number of hydrogen-bond donors (Lipinski definition) is 3. The molecule has 11 heteroatoms. The summed E-state index contributed by atoms with van der Waals surface area (Å²) in [6.07, 6.45) is 5.45. The first kappa shape index (κ1) is 18.9. The number of carbonyl (C=O) groups excluding carboxylic acids is 2. The molecule has 2 fully saturated rings. The monoisotopic (exact) mass is 449 g/mol. The molecule has 1 aliphatic carbocycles. The van der Waals surface area contributed by atoms with E-state index in [1.165, 1.54) is 23.5 Å². The van der Waals surface area contributed by atoms with Crippen LogP contribution in [0, 0.1) is 5.82 Å². The molecule has 9 nitrogen and oxygen atoms in total. The Morgan fingerprint density at radius 3 is 2.88 bits per heavy atom. The summed E-state index contributed by atoms with van der Waals surface area (Å²) in [4.78, 5) is 32.7. The summed E-state index contributed by atoms with van der Waals surface area (Å²) in [5, 5.41) is 13.9. The van der Waals surface area contributed by atoms with Crippen LogP contribution >= 0.6 is 11.3 Å². The van der Waals surface area contributed by atoms with E-state index in [1.54, 1.807) is 22.9 Å². The highest BCUT2D eigenvalue weighted by Gasteiger charge is 2.26. The SMILES string of the molecule is O=C1C/C(=C\c2cnn3c(NC4CC4)cc(Nc4nc5ccc(F)cc5s4)nc23)C(=O)N1. The lowest BCUT2D eigenvalue weighted by Gasteiger charge is -2.10. The largest absolute Gasteiger partial charge is 0.367 e. The summed E-state index contributed by atoms with van der Waals surface area (Å²) in [7, 11) is 0. The molecule has 4 heterocycles. The van der Waals surface area contributed by atoms with Crippen LogP contribution in [0.15, 0.2) is 36.0 Å². The van der Waals surface area contributed by atoms with E-state index in [4.69, 9.17) is 0 Å². The molecule has 3 N–H and O–H groups in total. The second-order valence-electron chi connectivity index (χ2n) is 7.76. The van der Waals surface area contributed by atoms with Crippen molar-refractivity contribution in [1.82, 2.24) is 24.9 Å². The molecule has 4 aromatic rings. The number of benzene rings is 1. The van der Waals surface area contributed by atoms with E-state index in [2.05, 4.69) is 31.0 Å². The van der Waals surface area contributed by atoms with Gasteiger partial charge in [0.2, 0.25) is 5.91 Å². The van der Waals surface area contributed by atoms with Crippen LogP contribution in [-0.4, -0.2) is 37.4 Å². The second kappa shape index (κ2) is 7.09. The summed E-state index contributed by atoms with van der Waals surface area (Å²) in [6.45, 7) is 0. The summed E-state index contributed by atoms with van der Waals surface area (Å²) >= 11 is 1.33. The van der Waals surface area contributed by atoms with Crippen molar-refractivity contribution in [3.63, 3.8) is 0 Å². The van der Waals surface area contributed by atoms with Crippen molar-refractivity contribution in [2.75, 3.05) is 10.6 Å². The van der Waals surface area contributed by atoms with Crippen LogP contribution in [0.3, 0.4) is 0 Å². The number of fused-ring (bicyclic) bond motifs is 2. The van der Waals surface area contributed by atoms with Crippen LogP contribution in [-0.2, 0) is 9.59 Å². The third kappa shape index (κ3) is 3.46. The van der Waals surface area contributed by atoms with E-state index < -0.39 is 5.91 Å². The number of nitrogens with one attached hydrogen (secondary N) is 3. The van der Waals surface area contributed by atoms with Crippen LogP contribution in [0.2, 0.25) is 0 Å². The molecule has 0 bridgehead atoms. The Bertz CT molecular complexity index is 1450. The Kier molecular flexibility index (Phi) is 4.18. The highest BCUT2D eigenvalue weighted by atomic mass is 32.1. The molecule has 1 saturated heterocycles. The molecule has 6 rings (SSSR count). The lowest BCUT2D eigenvalue weighted by Crippen LogP contribution is -2.19. The third-order valence-corrected chi connectivity index (χ3v) is 6.17. The molecule has 2 amide bonds. The van der Waals surface area contributed by atoms with E-state index in [1.807, 2.05) is 6.07 Å². The smallest absolute Gasteiger partial charge is 0.254 e. The standard InChI is InChI=1S/C21H16FN7O2S/c22-12-1-4-14-15(7-12)32-21(25-14)27-16-8-17(24-13-2-3-13)29-19(26-16)11(9-23-29)5-10-6-18(30)28-20(10)31/h1,4-5,7-9,13,24H,2-3,6H2,(H,25,26,27)(H,28,30,31)/b10-5+. The molecule has 1 saturated carbocycles. The average molecular weight is 449 g/mol. The Morgan fingerprint density at radius 1 is 1.22 bits per heavy atom. The number of rotatable bonds is 5. The summed E-state index contributed by atoms with van der Waals surface area (Å²) in [5.74, 6) is 0.253. The topological polar surface area (TPSA) is 113 Å². The van der Waals surface area contributed by atoms with Gasteiger partial charge < -0.3 is 10.6 Å². The number of thiazole rings is 1. The van der Waals surface area contributed by atoms with Gasteiger partial charge in [-0.15, -0.1) is 0 Å².